The van der Waals surface area contributed by atoms with E-state index in [1.54, 1.807) is 30.3 Å². The van der Waals surface area contributed by atoms with Crippen molar-refractivity contribution in [3.8, 4) is 5.75 Å². The third-order valence-electron chi connectivity index (χ3n) is 6.24. The third-order valence-corrected chi connectivity index (χ3v) is 6.24. The molecule has 1 unspecified atom stereocenters. The van der Waals surface area contributed by atoms with Crippen LogP contribution in [0.15, 0.2) is 78.9 Å². The van der Waals surface area contributed by atoms with Crippen LogP contribution in [0, 0.1) is 0 Å². The molecule has 4 aromatic rings. The number of aromatic hydroxyl groups is 1. The molecule has 6 rings (SSSR count). The fraction of sp³-hybridized carbons (Fsp3) is 0.143. The summed E-state index contributed by atoms with van der Waals surface area (Å²) < 4.78 is 0. The van der Waals surface area contributed by atoms with Gasteiger partial charge < -0.3 is 10.2 Å². The maximum absolute atomic E-state index is 11.2. The normalized spacial score (nSPS) is 17.0. The minimum Gasteiger partial charge on any atom is -0.507 e. The second-order valence-electron chi connectivity index (χ2n) is 8.19. The van der Waals surface area contributed by atoms with Crippen molar-refractivity contribution in [2.75, 3.05) is 0 Å². The van der Waals surface area contributed by atoms with E-state index in [0.717, 1.165) is 46.4 Å². The number of carbonyl (C=O) groups excluding carboxylic acids is 2. The lowest BCUT2D eigenvalue weighted by Crippen LogP contribution is -2.10. The Kier molecular flexibility index (Phi) is 5.08. The summed E-state index contributed by atoms with van der Waals surface area (Å²) in [6, 6.07) is 20.9. The molecule has 2 N–H and O–H groups in total. The highest BCUT2D eigenvalue weighted by Crippen LogP contribution is 2.42. The minimum atomic E-state index is -0.463. The summed E-state index contributed by atoms with van der Waals surface area (Å²) >= 11 is 0. The van der Waals surface area contributed by atoms with Gasteiger partial charge in [0.2, 0.25) is 0 Å². The summed E-state index contributed by atoms with van der Waals surface area (Å²) in [6.07, 6.45) is 4.92. The zero-order valence-electron chi connectivity index (χ0n) is 17.4. The maximum atomic E-state index is 11.2. The van der Waals surface area contributed by atoms with E-state index in [0.29, 0.717) is 11.1 Å². The summed E-state index contributed by atoms with van der Waals surface area (Å²) in [5, 5.41) is 24.8. The lowest BCUT2D eigenvalue weighted by atomic mass is 9.84. The lowest BCUT2D eigenvalue weighted by molar-refractivity contribution is 0.0994. The number of aryl methyl sites for hydroxylation is 1. The number of allylic oxidation sites excluding steroid dienone is 2. The highest BCUT2D eigenvalue weighted by Gasteiger charge is 2.23. The van der Waals surface area contributed by atoms with E-state index in [1.165, 1.54) is 17.7 Å². The fourth-order valence-electron chi connectivity index (χ4n) is 4.72. The average molecular weight is 422 g/mol. The van der Waals surface area contributed by atoms with E-state index in [2.05, 4.69) is 18.2 Å². The molecule has 4 aromatic carbocycles. The molecule has 0 fully saturated rings. The summed E-state index contributed by atoms with van der Waals surface area (Å²) in [6.45, 7) is 0. The monoisotopic (exact) mass is 422 g/mol. The van der Waals surface area contributed by atoms with Gasteiger partial charge in [0.15, 0.2) is 11.6 Å². The van der Waals surface area contributed by atoms with Gasteiger partial charge in [0, 0.05) is 16.5 Å². The molecule has 0 bridgehead atoms. The number of carbonyl (C=O) groups is 2. The van der Waals surface area contributed by atoms with Gasteiger partial charge in [0.1, 0.15) is 5.75 Å². The second-order valence-corrected chi connectivity index (χ2v) is 8.19. The van der Waals surface area contributed by atoms with Gasteiger partial charge in [0.25, 0.3) is 0 Å². The number of aliphatic hydroxyl groups excluding tert-OH is 1. The lowest BCUT2D eigenvalue weighted by Gasteiger charge is -2.24. The van der Waals surface area contributed by atoms with Crippen molar-refractivity contribution < 1.29 is 19.8 Å². The Morgan fingerprint density at radius 2 is 1.44 bits per heavy atom. The van der Waals surface area contributed by atoms with Crippen LogP contribution in [-0.2, 0) is 6.42 Å². The van der Waals surface area contributed by atoms with Crippen molar-refractivity contribution in [1.29, 1.82) is 0 Å². The number of fused-ring (bicyclic) bond motifs is 6. The Morgan fingerprint density at radius 1 is 0.781 bits per heavy atom. The van der Waals surface area contributed by atoms with E-state index in [9.17, 15) is 19.8 Å². The van der Waals surface area contributed by atoms with Gasteiger partial charge in [-0.1, -0.05) is 60.7 Å². The number of hydrogen-bond donors (Lipinski definition) is 2. The number of aliphatic hydroxyl groups is 1. The van der Waals surface area contributed by atoms with Gasteiger partial charge in [-0.3, -0.25) is 9.59 Å². The van der Waals surface area contributed by atoms with Crippen LogP contribution in [0.5, 0.6) is 5.75 Å². The molecule has 0 aromatic heterocycles. The van der Waals surface area contributed by atoms with E-state index in [-0.39, 0.29) is 17.3 Å². The van der Waals surface area contributed by atoms with Crippen LogP contribution in [0.3, 0.4) is 0 Å². The van der Waals surface area contributed by atoms with E-state index in [1.807, 2.05) is 18.2 Å². The predicted octanol–water partition coefficient (Wildman–Crippen LogP) is 5.69. The molecule has 1 atom stereocenters. The molecule has 2 aliphatic carbocycles. The summed E-state index contributed by atoms with van der Waals surface area (Å²) in [5.41, 5.74) is 3.11. The standard InChI is InChI=1S/C18H16O2.C10H6O2/c19-15-7-3-5-11-8-9-14-13-6-2-1-4-12(13)10-16(20)18(14)17(11)15;11-9-5-6-10(12)8-4-2-1-3-7(8)9/h1-2,4,6,8-10,15,19-20H,3,5,7H2;1-6H. The van der Waals surface area contributed by atoms with Crippen LogP contribution in [0.4, 0.5) is 0 Å². The molecule has 0 aliphatic heterocycles. The van der Waals surface area contributed by atoms with E-state index < -0.39 is 6.10 Å². The molecular weight excluding hydrogens is 400 g/mol. The van der Waals surface area contributed by atoms with Crippen molar-refractivity contribution in [2.45, 2.75) is 25.4 Å². The second kappa shape index (κ2) is 8.06. The Bertz CT molecular complexity index is 1380. The maximum Gasteiger partial charge on any atom is 0.186 e. The van der Waals surface area contributed by atoms with Gasteiger partial charge in [-0.2, -0.15) is 0 Å². The fourth-order valence-corrected chi connectivity index (χ4v) is 4.72. The van der Waals surface area contributed by atoms with Crippen LogP contribution < -0.4 is 0 Å². The smallest absolute Gasteiger partial charge is 0.186 e. The van der Waals surface area contributed by atoms with E-state index >= 15 is 0 Å². The summed E-state index contributed by atoms with van der Waals surface area (Å²) in [4.78, 5) is 22.4. The molecule has 0 radical (unpaired) electrons. The first-order chi connectivity index (χ1) is 15.5. The Hall–Kier alpha value is -3.76. The zero-order valence-corrected chi connectivity index (χ0v) is 17.4. The quantitative estimate of drug-likeness (QED) is 0.357. The molecule has 0 saturated carbocycles. The molecule has 4 nitrogen and oxygen atoms in total. The van der Waals surface area contributed by atoms with Gasteiger partial charge >= 0.3 is 0 Å². The Balaban J connectivity index is 0.000000154. The third kappa shape index (κ3) is 3.39. The first-order valence-electron chi connectivity index (χ1n) is 10.7. The Morgan fingerprint density at radius 3 is 2.16 bits per heavy atom. The van der Waals surface area contributed by atoms with E-state index in [4.69, 9.17) is 0 Å². The topological polar surface area (TPSA) is 74.6 Å². The van der Waals surface area contributed by atoms with Crippen molar-refractivity contribution in [3.05, 3.63) is 101 Å². The molecule has 158 valence electrons. The number of benzene rings is 4. The van der Waals surface area contributed by atoms with Gasteiger partial charge in [-0.15, -0.1) is 0 Å². The largest absolute Gasteiger partial charge is 0.507 e. The summed E-state index contributed by atoms with van der Waals surface area (Å²) in [5.74, 6) is 0.0897. The van der Waals surface area contributed by atoms with Gasteiger partial charge in [-0.25, -0.2) is 0 Å². The first kappa shape index (κ1) is 20.2. The zero-order chi connectivity index (χ0) is 22.2. The molecule has 4 heteroatoms. The molecular formula is C28H22O4. The van der Waals surface area contributed by atoms with Crippen LogP contribution in [-0.4, -0.2) is 21.8 Å². The highest BCUT2D eigenvalue weighted by atomic mass is 16.3. The molecule has 2 aliphatic rings. The molecule has 0 spiro atoms. The number of rotatable bonds is 0. The highest BCUT2D eigenvalue weighted by molar-refractivity contribution is 6.22. The Labute approximate surface area is 185 Å². The van der Waals surface area contributed by atoms with Crippen LogP contribution in [0.2, 0.25) is 0 Å². The molecule has 0 saturated heterocycles. The molecule has 32 heavy (non-hydrogen) atoms. The van der Waals surface area contributed by atoms with Gasteiger partial charge in [-0.05, 0) is 64.8 Å². The number of phenolic OH excluding ortho intramolecular Hbond substituents is 1. The summed E-state index contributed by atoms with van der Waals surface area (Å²) in [7, 11) is 0. The molecule has 0 amide bonds. The number of phenols is 1. The van der Waals surface area contributed by atoms with Crippen molar-refractivity contribution in [3.63, 3.8) is 0 Å². The van der Waals surface area contributed by atoms with Crippen molar-refractivity contribution >= 4 is 33.1 Å². The number of hydrogen-bond acceptors (Lipinski definition) is 4. The number of ketones is 2. The predicted molar refractivity (Wildman–Crippen MR) is 125 cm³/mol. The van der Waals surface area contributed by atoms with Crippen LogP contribution >= 0.6 is 0 Å². The first-order valence-corrected chi connectivity index (χ1v) is 10.7. The van der Waals surface area contributed by atoms with Crippen LogP contribution in [0.25, 0.3) is 21.5 Å². The SMILES string of the molecule is O=C1C=CC(=O)c2ccccc21.Oc1cc2ccccc2c2ccc3c(c12)C(O)CCC3. The van der Waals surface area contributed by atoms with Gasteiger partial charge in [0.05, 0.1) is 6.10 Å². The van der Waals surface area contributed by atoms with Crippen LogP contribution in [0.1, 0.15) is 50.8 Å². The molecule has 0 heterocycles. The average Bonchev–Trinajstić information content (AvgIpc) is 2.82. The van der Waals surface area contributed by atoms with Crippen molar-refractivity contribution in [1.82, 2.24) is 0 Å². The van der Waals surface area contributed by atoms with Crippen molar-refractivity contribution in [2.24, 2.45) is 0 Å². The minimum absolute atomic E-state index is 0.0924.